The molecule has 60 valence electrons. The second kappa shape index (κ2) is 6.65. The molecule has 0 spiro atoms. The van der Waals surface area contributed by atoms with Crippen molar-refractivity contribution in [2.24, 2.45) is 5.10 Å². The number of benzene rings is 1. The van der Waals surface area contributed by atoms with Gasteiger partial charge in [0.15, 0.2) is 0 Å². The van der Waals surface area contributed by atoms with E-state index in [0.29, 0.717) is 0 Å². The minimum Gasteiger partial charge on any atom is -0.313 e. The van der Waals surface area contributed by atoms with Crippen LogP contribution in [-0.2, 0) is 0 Å². The number of nitrogens with one attached hydrogen (secondary N) is 1. The molecular formula is C8H10ArN2. The van der Waals surface area contributed by atoms with Gasteiger partial charge in [0.2, 0.25) is 0 Å². The zero-order valence-electron chi connectivity index (χ0n) is 6.26. The van der Waals surface area contributed by atoms with Crippen molar-refractivity contribution in [3.8, 4) is 0 Å². The second-order valence-corrected chi connectivity index (χ2v) is 1.89. The van der Waals surface area contributed by atoms with Crippen molar-refractivity contribution in [1.29, 1.82) is 0 Å². The van der Waals surface area contributed by atoms with Gasteiger partial charge >= 0.3 is 0 Å². The van der Waals surface area contributed by atoms with Crippen LogP contribution in [0.4, 0.5) is 0 Å². The molecule has 1 aromatic rings. The molecule has 0 bridgehead atoms. The van der Waals surface area contributed by atoms with Crippen LogP contribution in [0.2, 0.25) is 0 Å². The van der Waals surface area contributed by atoms with Gasteiger partial charge in [0.25, 0.3) is 0 Å². The molecule has 0 fully saturated rings. The van der Waals surface area contributed by atoms with E-state index in [0.717, 1.165) is 5.56 Å². The number of hydrogen-bond donors (Lipinski definition) is 1. The molecule has 0 aliphatic rings. The third-order valence-electron chi connectivity index (χ3n) is 1.14. The van der Waals surface area contributed by atoms with Gasteiger partial charge in [0.1, 0.15) is 0 Å². The Morgan fingerprint density at radius 2 is 1.91 bits per heavy atom. The number of rotatable bonds is 2. The predicted octanol–water partition coefficient (Wildman–Crippen LogP) is 1.24. The summed E-state index contributed by atoms with van der Waals surface area (Å²) in [4.78, 5) is 0. The Balaban J connectivity index is 0.000001000. The summed E-state index contributed by atoms with van der Waals surface area (Å²) < 4.78 is 0. The van der Waals surface area contributed by atoms with Crippen LogP contribution >= 0.6 is 0 Å². The average Bonchev–Trinajstić information content (AvgIpc) is 2.03. The molecule has 0 aliphatic heterocycles. The van der Waals surface area contributed by atoms with E-state index < -0.39 is 0 Å². The van der Waals surface area contributed by atoms with Crippen molar-refractivity contribution in [2.75, 3.05) is 7.05 Å². The maximum absolute atomic E-state index is 3.87. The normalized spacial score (nSPS) is 9.18. The van der Waals surface area contributed by atoms with E-state index in [1.54, 1.807) is 13.3 Å². The maximum Gasteiger partial charge on any atom is 0.0540 e. The van der Waals surface area contributed by atoms with Crippen LogP contribution in [0.5, 0.6) is 0 Å². The standard InChI is InChI=1S/C8H10N2.Ar/c1-9-10-7-8-5-3-2-4-6-8;/h2-7,9H,1H3;. The Morgan fingerprint density at radius 3 is 2.45 bits per heavy atom. The largest absolute Gasteiger partial charge is 0.313 e. The summed E-state index contributed by atoms with van der Waals surface area (Å²) in [7, 11) is 1.78. The van der Waals surface area contributed by atoms with E-state index in [2.05, 4.69) is 10.5 Å². The van der Waals surface area contributed by atoms with Gasteiger partial charge in [-0.05, 0) is 5.56 Å². The summed E-state index contributed by atoms with van der Waals surface area (Å²) in [5, 5.41) is 3.87. The molecule has 3 heteroatoms. The fourth-order valence-electron chi connectivity index (χ4n) is 0.678. The molecule has 0 unspecified atom stereocenters. The van der Waals surface area contributed by atoms with Gasteiger partial charge in [-0.1, -0.05) is 30.3 Å². The molecule has 1 aromatic carbocycles. The maximum atomic E-state index is 3.87. The zero-order valence-corrected chi connectivity index (χ0v) is 6.97. The van der Waals surface area contributed by atoms with E-state index >= 15 is 0 Å². The van der Waals surface area contributed by atoms with Crippen molar-refractivity contribution in [1.82, 2.24) is 5.43 Å². The van der Waals surface area contributed by atoms with Gasteiger partial charge in [0, 0.05) is 44.8 Å². The molecule has 1 rings (SSSR count). The van der Waals surface area contributed by atoms with Crippen LogP contribution in [0.15, 0.2) is 35.4 Å². The summed E-state index contributed by atoms with van der Waals surface area (Å²) in [5.74, 6) is 0. The van der Waals surface area contributed by atoms with Crippen LogP contribution in [0.3, 0.4) is 0 Å². The minimum atomic E-state index is 0. The smallest absolute Gasteiger partial charge is 0.0540 e. The molecule has 11 heavy (non-hydrogen) atoms. The van der Waals surface area contributed by atoms with Crippen molar-refractivity contribution in [3.63, 3.8) is 0 Å². The molecule has 0 amide bonds. The SMILES string of the molecule is CNN=Cc1ccccc1.[Ar]. The molecule has 2 nitrogen and oxygen atoms in total. The van der Waals surface area contributed by atoms with Crippen LogP contribution in [0.1, 0.15) is 5.56 Å². The summed E-state index contributed by atoms with van der Waals surface area (Å²) >= 11 is 0. The summed E-state index contributed by atoms with van der Waals surface area (Å²) in [6, 6.07) is 9.95. The Labute approximate surface area is 96.7 Å². The Kier molecular flexibility index (Phi) is 6.62. The third-order valence-corrected chi connectivity index (χ3v) is 1.14. The molecule has 1 N–H and O–H groups in total. The van der Waals surface area contributed by atoms with Crippen LogP contribution < -0.4 is 5.43 Å². The molecule has 0 aromatic heterocycles. The molecule has 0 saturated heterocycles. The van der Waals surface area contributed by atoms with Gasteiger partial charge < -0.3 is 5.43 Å². The summed E-state index contributed by atoms with van der Waals surface area (Å²) in [6.07, 6.45) is 1.78. The number of hydrazone groups is 1. The first-order valence-electron chi connectivity index (χ1n) is 3.18. The quantitative estimate of drug-likeness (QED) is 0.529. The van der Waals surface area contributed by atoms with E-state index in [1.807, 2.05) is 30.3 Å². The van der Waals surface area contributed by atoms with E-state index in [-0.39, 0.29) is 37.7 Å². The fraction of sp³-hybridized carbons (Fsp3) is 0.125. The van der Waals surface area contributed by atoms with Gasteiger partial charge in [0.05, 0.1) is 6.21 Å². The predicted molar refractivity (Wildman–Crippen MR) is 43.1 cm³/mol. The van der Waals surface area contributed by atoms with Gasteiger partial charge in [-0.15, -0.1) is 0 Å². The molecule has 0 atom stereocenters. The van der Waals surface area contributed by atoms with Crippen LogP contribution in [0, 0.1) is 37.7 Å². The summed E-state index contributed by atoms with van der Waals surface area (Å²) in [5.41, 5.74) is 3.79. The number of nitrogens with zero attached hydrogens (tertiary/aromatic N) is 1. The Hall–Kier alpha value is -0.0503. The Morgan fingerprint density at radius 1 is 1.27 bits per heavy atom. The fourth-order valence-corrected chi connectivity index (χ4v) is 0.678. The topological polar surface area (TPSA) is 24.4 Å². The Bertz CT molecular complexity index is 209. The van der Waals surface area contributed by atoms with Crippen molar-refractivity contribution < 1.29 is 37.7 Å². The van der Waals surface area contributed by atoms with Crippen molar-refractivity contribution in [3.05, 3.63) is 35.9 Å². The summed E-state index contributed by atoms with van der Waals surface area (Å²) in [6.45, 7) is 0. The molecule has 0 heterocycles. The van der Waals surface area contributed by atoms with Crippen molar-refractivity contribution >= 4 is 6.21 Å². The van der Waals surface area contributed by atoms with Gasteiger partial charge in [-0.2, -0.15) is 5.10 Å². The third kappa shape index (κ3) is 4.40. The first-order valence-corrected chi connectivity index (χ1v) is 3.18. The monoisotopic (exact) mass is 174 g/mol. The zero-order chi connectivity index (χ0) is 7.23. The minimum absolute atomic E-state index is 0. The van der Waals surface area contributed by atoms with E-state index in [4.69, 9.17) is 0 Å². The van der Waals surface area contributed by atoms with E-state index in [1.165, 1.54) is 0 Å². The van der Waals surface area contributed by atoms with Crippen LogP contribution in [0.25, 0.3) is 0 Å². The van der Waals surface area contributed by atoms with Gasteiger partial charge in [-0.3, -0.25) is 0 Å². The first-order chi connectivity index (χ1) is 4.93. The van der Waals surface area contributed by atoms with Crippen molar-refractivity contribution in [2.45, 2.75) is 0 Å². The average molecular weight is 174 g/mol. The van der Waals surface area contributed by atoms with Crippen LogP contribution in [-0.4, -0.2) is 13.3 Å². The number of hydrogen-bond acceptors (Lipinski definition) is 2. The molecular weight excluding hydrogens is 164 g/mol. The second-order valence-electron chi connectivity index (χ2n) is 1.89. The van der Waals surface area contributed by atoms with Gasteiger partial charge in [-0.25, -0.2) is 0 Å². The van der Waals surface area contributed by atoms with E-state index in [9.17, 15) is 0 Å². The molecule has 0 aliphatic carbocycles. The molecule has 0 radical (unpaired) electrons. The first kappa shape index (κ1) is 10.9. The molecule has 0 saturated carbocycles.